The molecule has 0 unspecified atom stereocenters. The SMILES string of the molecule is CCC(CC)(CN)Cc1c(Cl)c(C)nn1C. The van der Waals surface area contributed by atoms with Gasteiger partial charge in [-0.3, -0.25) is 4.68 Å². The van der Waals surface area contributed by atoms with Crippen LogP contribution in [0, 0.1) is 12.3 Å². The third-order valence-electron chi connectivity index (χ3n) is 3.74. The van der Waals surface area contributed by atoms with Crippen LogP contribution in [0.2, 0.25) is 5.02 Å². The Morgan fingerprint density at radius 3 is 2.25 bits per heavy atom. The van der Waals surface area contributed by atoms with Gasteiger partial charge >= 0.3 is 0 Å². The molecule has 0 radical (unpaired) electrons. The molecule has 0 saturated heterocycles. The number of nitrogens with two attached hydrogens (primary N) is 1. The van der Waals surface area contributed by atoms with E-state index in [9.17, 15) is 0 Å². The van der Waals surface area contributed by atoms with Crippen molar-refractivity contribution >= 4 is 11.6 Å². The molecular formula is C12H22ClN3. The first kappa shape index (κ1) is 13.5. The Kier molecular flexibility index (Phi) is 4.39. The van der Waals surface area contributed by atoms with Gasteiger partial charge in [0.1, 0.15) is 0 Å². The normalized spacial score (nSPS) is 12.1. The van der Waals surface area contributed by atoms with E-state index in [0.717, 1.165) is 35.7 Å². The summed E-state index contributed by atoms with van der Waals surface area (Å²) in [6.07, 6.45) is 3.05. The van der Waals surface area contributed by atoms with E-state index < -0.39 is 0 Å². The zero-order chi connectivity index (χ0) is 12.3. The second-order valence-corrected chi connectivity index (χ2v) is 4.94. The average molecular weight is 244 g/mol. The topological polar surface area (TPSA) is 43.8 Å². The monoisotopic (exact) mass is 243 g/mol. The van der Waals surface area contributed by atoms with Crippen molar-refractivity contribution in [2.75, 3.05) is 6.54 Å². The maximum atomic E-state index is 6.27. The molecule has 0 amide bonds. The largest absolute Gasteiger partial charge is 0.330 e. The summed E-state index contributed by atoms with van der Waals surface area (Å²) in [6.45, 7) is 7.01. The van der Waals surface area contributed by atoms with E-state index in [1.165, 1.54) is 0 Å². The molecule has 0 aromatic carbocycles. The van der Waals surface area contributed by atoms with Gasteiger partial charge in [-0.05, 0) is 38.1 Å². The minimum absolute atomic E-state index is 0.157. The van der Waals surface area contributed by atoms with Crippen LogP contribution < -0.4 is 5.73 Å². The smallest absolute Gasteiger partial charge is 0.0847 e. The number of hydrogen-bond donors (Lipinski definition) is 1. The minimum atomic E-state index is 0.157. The van der Waals surface area contributed by atoms with Gasteiger partial charge in [0.25, 0.3) is 0 Å². The summed E-state index contributed by atoms with van der Waals surface area (Å²) in [4.78, 5) is 0. The van der Waals surface area contributed by atoms with Crippen LogP contribution in [0.15, 0.2) is 0 Å². The summed E-state index contributed by atoms with van der Waals surface area (Å²) in [6, 6.07) is 0. The Morgan fingerprint density at radius 1 is 1.38 bits per heavy atom. The molecule has 0 aliphatic rings. The standard InChI is InChI=1S/C12H22ClN3/c1-5-12(6-2,8-14)7-10-11(13)9(3)15-16(10)4/h5-8,14H2,1-4H3. The van der Waals surface area contributed by atoms with Crippen molar-refractivity contribution in [2.45, 2.75) is 40.0 Å². The first-order valence-corrected chi connectivity index (χ1v) is 6.25. The second-order valence-electron chi connectivity index (χ2n) is 4.56. The molecule has 1 rings (SSSR count). The summed E-state index contributed by atoms with van der Waals surface area (Å²) in [5.41, 5.74) is 8.07. The third kappa shape index (κ3) is 2.41. The highest BCUT2D eigenvalue weighted by molar-refractivity contribution is 6.31. The molecule has 4 heteroatoms. The highest BCUT2D eigenvalue weighted by Crippen LogP contribution is 2.33. The van der Waals surface area contributed by atoms with Crippen LogP contribution in [0.1, 0.15) is 38.1 Å². The fourth-order valence-corrected chi connectivity index (χ4v) is 2.32. The lowest BCUT2D eigenvalue weighted by Gasteiger charge is -2.30. The quantitative estimate of drug-likeness (QED) is 0.864. The molecule has 0 aliphatic carbocycles. The molecule has 0 aliphatic heterocycles. The number of nitrogens with zero attached hydrogens (tertiary/aromatic N) is 2. The number of rotatable bonds is 5. The lowest BCUT2D eigenvalue weighted by atomic mass is 9.78. The number of hydrogen-bond acceptors (Lipinski definition) is 2. The maximum Gasteiger partial charge on any atom is 0.0847 e. The van der Waals surface area contributed by atoms with Crippen LogP contribution >= 0.6 is 11.6 Å². The van der Waals surface area contributed by atoms with Crippen molar-refractivity contribution in [2.24, 2.45) is 18.2 Å². The Bertz CT molecular complexity index is 345. The van der Waals surface area contributed by atoms with Crippen LogP contribution in [0.3, 0.4) is 0 Å². The molecule has 92 valence electrons. The number of aryl methyl sites for hydroxylation is 2. The van der Waals surface area contributed by atoms with E-state index in [0.29, 0.717) is 6.54 Å². The van der Waals surface area contributed by atoms with Crippen molar-refractivity contribution < 1.29 is 0 Å². The van der Waals surface area contributed by atoms with Crippen LogP contribution in [-0.2, 0) is 13.5 Å². The van der Waals surface area contributed by atoms with E-state index >= 15 is 0 Å². The van der Waals surface area contributed by atoms with Gasteiger partial charge in [0.15, 0.2) is 0 Å². The molecular weight excluding hydrogens is 222 g/mol. The average Bonchev–Trinajstić information content (AvgIpc) is 2.52. The van der Waals surface area contributed by atoms with E-state index in [2.05, 4.69) is 18.9 Å². The van der Waals surface area contributed by atoms with Gasteiger partial charge in [-0.25, -0.2) is 0 Å². The predicted octanol–water partition coefficient (Wildman–Crippen LogP) is 2.69. The molecule has 0 saturated carbocycles. The number of halogens is 1. The fraction of sp³-hybridized carbons (Fsp3) is 0.750. The summed E-state index contributed by atoms with van der Waals surface area (Å²) in [7, 11) is 1.95. The molecule has 1 heterocycles. The van der Waals surface area contributed by atoms with Crippen molar-refractivity contribution in [1.29, 1.82) is 0 Å². The van der Waals surface area contributed by atoms with Crippen LogP contribution in [0.4, 0.5) is 0 Å². The third-order valence-corrected chi connectivity index (χ3v) is 4.23. The van der Waals surface area contributed by atoms with Gasteiger partial charge in [0, 0.05) is 7.05 Å². The molecule has 0 atom stereocenters. The summed E-state index contributed by atoms with van der Waals surface area (Å²) < 4.78 is 1.88. The molecule has 1 aromatic heterocycles. The zero-order valence-corrected chi connectivity index (χ0v) is 11.4. The number of aromatic nitrogens is 2. The molecule has 0 spiro atoms. The van der Waals surface area contributed by atoms with Crippen LogP contribution in [-0.4, -0.2) is 16.3 Å². The van der Waals surface area contributed by atoms with Crippen LogP contribution in [0.5, 0.6) is 0 Å². The van der Waals surface area contributed by atoms with E-state index in [1.807, 2.05) is 18.7 Å². The summed E-state index contributed by atoms with van der Waals surface area (Å²) in [5, 5.41) is 5.14. The molecule has 2 N–H and O–H groups in total. The Labute approximate surface area is 103 Å². The van der Waals surface area contributed by atoms with E-state index in [4.69, 9.17) is 17.3 Å². The van der Waals surface area contributed by atoms with Crippen molar-refractivity contribution in [3.05, 3.63) is 16.4 Å². The van der Waals surface area contributed by atoms with Crippen molar-refractivity contribution in [3.63, 3.8) is 0 Å². The van der Waals surface area contributed by atoms with Gasteiger partial charge in [0.2, 0.25) is 0 Å². The molecule has 0 bridgehead atoms. The maximum absolute atomic E-state index is 6.27. The summed E-state index contributed by atoms with van der Waals surface area (Å²) >= 11 is 6.27. The predicted molar refractivity (Wildman–Crippen MR) is 68.7 cm³/mol. The molecule has 1 aromatic rings. The fourth-order valence-electron chi connectivity index (χ4n) is 2.09. The first-order chi connectivity index (χ1) is 7.49. The second kappa shape index (κ2) is 5.19. The van der Waals surface area contributed by atoms with Gasteiger partial charge in [-0.1, -0.05) is 25.4 Å². The van der Waals surface area contributed by atoms with Crippen molar-refractivity contribution in [1.82, 2.24) is 9.78 Å². The zero-order valence-electron chi connectivity index (χ0n) is 10.7. The van der Waals surface area contributed by atoms with Gasteiger partial charge in [-0.2, -0.15) is 5.10 Å². The van der Waals surface area contributed by atoms with Crippen LogP contribution in [0.25, 0.3) is 0 Å². The van der Waals surface area contributed by atoms with Gasteiger partial charge in [-0.15, -0.1) is 0 Å². The van der Waals surface area contributed by atoms with Crippen molar-refractivity contribution in [3.8, 4) is 0 Å². The Hall–Kier alpha value is -0.540. The highest BCUT2D eigenvalue weighted by atomic mass is 35.5. The molecule has 3 nitrogen and oxygen atoms in total. The Balaban J connectivity index is 3.02. The summed E-state index contributed by atoms with van der Waals surface area (Å²) in [5.74, 6) is 0. The molecule has 0 fully saturated rings. The van der Waals surface area contributed by atoms with E-state index in [1.54, 1.807) is 0 Å². The molecule has 16 heavy (non-hydrogen) atoms. The van der Waals surface area contributed by atoms with Gasteiger partial charge in [0.05, 0.1) is 16.4 Å². The van der Waals surface area contributed by atoms with Gasteiger partial charge < -0.3 is 5.73 Å². The first-order valence-electron chi connectivity index (χ1n) is 5.87. The lowest BCUT2D eigenvalue weighted by Crippen LogP contribution is -2.32. The highest BCUT2D eigenvalue weighted by Gasteiger charge is 2.28. The Morgan fingerprint density at radius 2 is 1.94 bits per heavy atom. The van der Waals surface area contributed by atoms with E-state index in [-0.39, 0.29) is 5.41 Å². The minimum Gasteiger partial charge on any atom is -0.330 e. The lowest BCUT2D eigenvalue weighted by molar-refractivity contribution is 0.265.